The predicted molar refractivity (Wildman–Crippen MR) is 72.4 cm³/mol. The predicted octanol–water partition coefficient (Wildman–Crippen LogP) is 2.74. The van der Waals surface area contributed by atoms with Crippen molar-refractivity contribution in [1.29, 1.82) is 0 Å². The second kappa shape index (κ2) is 5.67. The summed E-state index contributed by atoms with van der Waals surface area (Å²) in [6.07, 6.45) is 5.48. The van der Waals surface area contributed by atoms with E-state index in [1.165, 1.54) is 17.7 Å². The number of ether oxygens (including phenoxy) is 1. The molecule has 2 rings (SSSR count). The Bertz CT molecular complexity index is 363. The van der Waals surface area contributed by atoms with Gasteiger partial charge >= 0.3 is 0 Å². The fraction of sp³-hybridized carbons (Fsp3) is 0.667. The van der Waals surface area contributed by atoms with Crippen molar-refractivity contribution in [3.63, 3.8) is 0 Å². The van der Waals surface area contributed by atoms with Gasteiger partial charge in [0.15, 0.2) is 0 Å². The van der Waals surface area contributed by atoms with Crippen LogP contribution in [0.1, 0.15) is 30.6 Å². The summed E-state index contributed by atoms with van der Waals surface area (Å²) in [6.45, 7) is 0. The number of thiophene rings is 1. The van der Waals surface area contributed by atoms with Crippen LogP contribution in [-0.2, 0) is 11.2 Å². The van der Waals surface area contributed by atoms with Gasteiger partial charge in [-0.1, -0.05) is 24.4 Å². The minimum atomic E-state index is -0.106. The van der Waals surface area contributed by atoms with Crippen LogP contribution in [0.15, 0.2) is 12.1 Å². The second-order valence-corrected chi connectivity index (χ2v) is 6.40. The molecule has 3 N–H and O–H groups in total. The Morgan fingerprint density at radius 2 is 2.24 bits per heavy atom. The van der Waals surface area contributed by atoms with Gasteiger partial charge < -0.3 is 4.74 Å². The molecule has 0 saturated heterocycles. The molecule has 0 bridgehead atoms. The molecular weight excluding hydrogens is 256 g/mol. The zero-order valence-electron chi connectivity index (χ0n) is 10.0. The minimum absolute atomic E-state index is 0.106. The number of methoxy groups -OCH3 is 1. The highest BCUT2D eigenvalue weighted by Crippen LogP contribution is 2.37. The van der Waals surface area contributed by atoms with Gasteiger partial charge in [0.05, 0.1) is 16.0 Å². The highest BCUT2D eigenvalue weighted by atomic mass is 35.5. The van der Waals surface area contributed by atoms with Crippen molar-refractivity contribution in [2.24, 2.45) is 5.84 Å². The van der Waals surface area contributed by atoms with Crippen LogP contribution in [0, 0.1) is 0 Å². The first-order chi connectivity index (χ1) is 8.20. The summed E-state index contributed by atoms with van der Waals surface area (Å²) >= 11 is 7.56. The van der Waals surface area contributed by atoms with Crippen LogP contribution in [0.5, 0.6) is 0 Å². The van der Waals surface area contributed by atoms with Crippen molar-refractivity contribution in [1.82, 2.24) is 5.43 Å². The normalized spacial score (nSPS) is 20.6. The molecule has 1 saturated carbocycles. The monoisotopic (exact) mass is 274 g/mol. The Kier molecular flexibility index (Phi) is 4.44. The average molecular weight is 275 g/mol. The Hall–Kier alpha value is -0.130. The molecule has 1 unspecified atom stereocenters. The first-order valence-electron chi connectivity index (χ1n) is 5.96. The lowest BCUT2D eigenvalue weighted by atomic mass is 9.89. The summed E-state index contributed by atoms with van der Waals surface area (Å²) in [6, 6.07) is 4.16. The highest BCUT2D eigenvalue weighted by Gasteiger charge is 2.41. The van der Waals surface area contributed by atoms with Crippen LogP contribution in [0.4, 0.5) is 0 Å². The molecule has 1 aromatic heterocycles. The van der Waals surface area contributed by atoms with E-state index in [0.717, 1.165) is 23.6 Å². The molecule has 0 amide bonds. The molecule has 1 aliphatic rings. The van der Waals surface area contributed by atoms with Crippen LogP contribution >= 0.6 is 22.9 Å². The fourth-order valence-electron chi connectivity index (χ4n) is 2.73. The van der Waals surface area contributed by atoms with E-state index in [-0.39, 0.29) is 11.6 Å². The summed E-state index contributed by atoms with van der Waals surface area (Å²) in [5, 5.41) is 0. The number of nitrogens with two attached hydrogens (primary N) is 1. The van der Waals surface area contributed by atoms with Crippen LogP contribution in [0.3, 0.4) is 0 Å². The van der Waals surface area contributed by atoms with E-state index in [1.807, 2.05) is 6.07 Å². The molecule has 1 aliphatic carbocycles. The minimum Gasteiger partial charge on any atom is -0.377 e. The van der Waals surface area contributed by atoms with Crippen molar-refractivity contribution in [2.75, 3.05) is 7.11 Å². The van der Waals surface area contributed by atoms with Crippen molar-refractivity contribution in [3.8, 4) is 0 Å². The topological polar surface area (TPSA) is 47.3 Å². The number of halogens is 1. The largest absolute Gasteiger partial charge is 0.377 e. The van der Waals surface area contributed by atoms with Gasteiger partial charge in [-0.05, 0) is 25.0 Å². The summed E-state index contributed by atoms with van der Waals surface area (Å²) in [5.74, 6) is 5.71. The van der Waals surface area contributed by atoms with E-state index in [2.05, 4.69) is 11.5 Å². The molecular formula is C12H19ClN2OS. The van der Waals surface area contributed by atoms with Gasteiger partial charge in [0.1, 0.15) is 0 Å². The van der Waals surface area contributed by atoms with Gasteiger partial charge in [-0.15, -0.1) is 11.3 Å². The highest BCUT2D eigenvalue weighted by molar-refractivity contribution is 7.16. The number of hydrogen-bond donors (Lipinski definition) is 2. The molecule has 0 aromatic carbocycles. The molecule has 5 heteroatoms. The van der Waals surface area contributed by atoms with Crippen LogP contribution in [0.2, 0.25) is 4.34 Å². The Morgan fingerprint density at radius 3 is 2.71 bits per heavy atom. The van der Waals surface area contributed by atoms with Gasteiger partial charge in [-0.3, -0.25) is 11.3 Å². The van der Waals surface area contributed by atoms with Crippen molar-refractivity contribution in [3.05, 3.63) is 21.3 Å². The number of hydrogen-bond acceptors (Lipinski definition) is 4. The number of hydrazine groups is 1. The lowest BCUT2D eigenvalue weighted by molar-refractivity contribution is -0.0353. The summed E-state index contributed by atoms with van der Waals surface area (Å²) < 4.78 is 6.59. The summed E-state index contributed by atoms with van der Waals surface area (Å²) in [4.78, 5) is 1.25. The lowest BCUT2D eigenvalue weighted by Crippen LogP contribution is -2.54. The van der Waals surface area contributed by atoms with Gasteiger partial charge in [0.2, 0.25) is 0 Å². The third-order valence-corrected chi connectivity index (χ3v) is 4.98. The molecule has 1 aromatic rings. The summed E-state index contributed by atoms with van der Waals surface area (Å²) in [7, 11) is 1.79. The molecule has 1 fully saturated rings. The van der Waals surface area contributed by atoms with E-state index < -0.39 is 0 Å². The van der Waals surface area contributed by atoms with Crippen molar-refractivity contribution >= 4 is 22.9 Å². The SMILES string of the molecule is COC1(C(Cc2ccc(Cl)s2)NN)CCCC1. The molecule has 96 valence electrons. The Balaban J connectivity index is 2.10. The third kappa shape index (κ3) is 2.83. The number of nitrogens with one attached hydrogen (secondary N) is 1. The van der Waals surface area contributed by atoms with Gasteiger partial charge in [-0.2, -0.15) is 0 Å². The standard InChI is InChI=1S/C12H19ClN2OS/c1-16-12(6-2-3-7-12)10(15-14)8-9-4-5-11(13)17-9/h4-5,10,15H,2-3,6-8,14H2,1H3. The maximum absolute atomic E-state index is 5.95. The quantitative estimate of drug-likeness (QED) is 0.641. The van der Waals surface area contributed by atoms with Crippen LogP contribution in [0.25, 0.3) is 0 Å². The molecule has 1 heterocycles. The molecule has 17 heavy (non-hydrogen) atoms. The lowest BCUT2D eigenvalue weighted by Gasteiger charge is -2.35. The summed E-state index contributed by atoms with van der Waals surface area (Å²) in [5.41, 5.74) is 2.83. The van der Waals surface area contributed by atoms with E-state index >= 15 is 0 Å². The van der Waals surface area contributed by atoms with E-state index in [9.17, 15) is 0 Å². The van der Waals surface area contributed by atoms with E-state index in [1.54, 1.807) is 18.4 Å². The second-order valence-electron chi connectivity index (χ2n) is 4.61. The molecule has 0 radical (unpaired) electrons. The number of rotatable bonds is 5. The van der Waals surface area contributed by atoms with Crippen LogP contribution in [-0.4, -0.2) is 18.8 Å². The van der Waals surface area contributed by atoms with Gasteiger partial charge in [0.25, 0.3) is 0 Å². The fourth-order valence-corrected chi connectivity index (χ4v) is 3.86. The molecule has 3 nitrogen and oxygen atoms in total. The molecule has 1 atom stereocenters. The van der Waals surface area contributed by atoms with E-state index in [4.69, 9.17) is 22.2 Å². The molecule has 0 aliphatic heterocycles. The Morgan fingerprint density at radius 1 is 1.53 bits per heavy atom. The van der Waals surface area contributed by atoms with E-state index in [0.29, 0.717) is 0 Å². The van der Waals surface area contributed by atoms with Gasteiger partial charge in [0, 0.05) is 18.4 Å². The maximum Gasteiger partial charge on any atom is 0.0931 e. The Labute approximate surface area is 111 Å². The zero-order valence-corrected chi connectivity index (χ0v) is 11.6. The maximum atomic E-state index is 5.95. The average Bonchev–Trinajstić information content (AvgIpc) is 2.95. The smallest absolute Gasteiger partial charge is 0.0931 e. The first kappa shape index (κ1) is 13.3. The first-order valence-corrected chi connectivity index (χ1v) is 7.15. The van der Waals surface area contributed by atoms with Gasteiger partial charge in [-0.25, -0.2) is 0 Å². The van der Waals surface area contributed by atoms with Crippen LogP contribution < -0.4 is 11.3 Å². The van der Waals surface area contributed by atoms with Crippen molar-refractivity contribution in [2.45, 2.75) is 43.7 Å². The zero-order chi connectivity index (χ0) is 12.3. The third-order valence-electron chi connectivity index (χ3n) is 3.73. The molecule has 0 spiro atoms. The van der Waals surface area contributed by atoms with Crippen molar-refractivity contribution < 1.29 is 4.74 Å².